The summed E-state index contributed by atoms with van der Waals surface area (Å²) in [4.78, 5) is 17.6. The first-order valence-electron chi connectivity index (χ1n) is 13.9. The van der Waals surface area contributed by atoms with Gasteiger partial charge in [-0.25, -0.2) is 4.98 Å². The molecule has 1 amide bonds. The first-order valence-corrected chi connectivity index (χ1v) is 14.9. The average molecular weight is 526 g/mol. The fourth-order valence-electron chi connectivity index (χ4n) is 4.62. The van der Waals surface area contributed by atoms with E-state index >= 15 is 0 Å². The Balaban J connectivity index is 1.31. The van der Waals surface area contributed by atoms with E-state index in [1.165, 1.54) is 36.1 Å². The minimum absolute atomic E-state index is 0.0132. The molecule has 0 aliphatic heterocycles. The number of imidazole rings is 1. The van der Waals surface area contributed by atoms with E-state index in [-0.39, 0.29) is 5.91 Å². The molecule has 0 saturated heterocycles. The number of hydrogen-bond donors (Lipinski definition) is 1. The summed E-state index contributed by atoms with van der Waals surface area (Å²) in [6, 6.07) is 29.1. The lowest BCUT2D eigenvalue weighted by Gasteiger charge is -2.11. The third-order valence-corrected chi connectivity index (χ3v) is 7.78. The number of carbonyl (C=O) groups is 1. The van der Waals surface area contributed by atoms with E-state index in [2.05, 4.69) is 90.5 Å². The van der Waals surface area contributed by atoms with Gasteiger partial charge in [-0.3, -0.25) is 4.79 Å². The lowest BCUT2D eigenvalue weighted by molar-refractivity contribution is 0.0953. The molecule has 0 aliphatic rings. The van der Waals surface area contributed by atoms with Crippen molar-refractivity contribution < 1.29 is 4.79 Å². The molecule has 0 bridgehead atoms. The van der Waals surface area contributed by atoms with E-state index in [4.69, 9.17) is 4.98 Å². The number of unbranched alkanes of at least 4 members (excludes halogenated alkanes) is 3. The van der Waals surface area contributed by atoms with Crippen molar-refractivity contribution in [3.8, 4) is 22.5 Å². The van der Waals surface area contributed by atoms with Crippen molar-refractivity contribution in [3.05, 3.63) is 96.1 Å². The lowest BCUT2D eigenvalue weighted by Crippen LogP contribution is -2.24. The maximum atomic E-state index is 12.5. The predicted octanol–water partition coefficient (Wildman–Crippen LogP) is 8.27. The van der Waals surface area contributed by atoms with E-state index in [1.807, 2.05) is 18.2 Å². The van der Waals surface area contributed by atoms with Crippen LogP contribution in [0.25, 0.3) is 22.5 Å². The van der Waals surface area contributed by atoms with Gasteiger partial charge >= 0.3 is 0 Å². The van der Waals surface area contributed by atoms with Crippen molar-refractivity contribution in [2.75, 3.05) is 12.3 Å². The van der Waals surface area contributed by atoms with Crippen LogP contribution in [0.5, 0.6) is 0 Å². The molecule has 1 aromatic heterocycles. The van der Waals surface area contributed by atoms with Gasteiger partial charge in [0.1, 0.15) is 0 Å². The first kappa shape index (κ1) is 27.7. The molecule has 0 atom stereocenters. The van der Waals surface area contributed by atoms with Crippen LogP contribution in [0, 0.1) is 0 Å². The van der Waals surface area contributed by atoms with Gasteiger partial charge in [-0.2, -0.15) is 0 Å². The molecule has 1 N–H and O–H groups in total. The summed E-state index contributed by atoms with van der Waals surface area (Å²) in [6.07, 6.45) is 6.73. The minimum atomic E-state index is 0.0132. The number of hydrogen-bond acceptors (Lipinski definition) is 3. The van der Waals surface area contributed by atoms with Crippen LogP contribution in [-0.4, -0.2) is 27.8 Å². The quantitative estimate of drug-likeness (QED) is 0.133. The van der Waals surface area contributed by atoms with Gasteiger partial charge < -0.3 is 9.88 Å². The molecule has 0 aliphatic carbocycles. The summed E-state index contributed by atoms with van der Waals surface area (Å²) in [5.41, 5.74) is 6.57. The van der Waals surface area contributed by atoms with Crippen LogP contribution in [0.3, 0.4) is 0 Å². The van der Waals surface area contributed by atoms with Crippen LogP contribution in [0.1, 0.15) is 61.9 Å². The Morgan fingerprint density at radius 3 is 2.16 bits per heavy atom. The Morgan fingerprint density at radius 2 is 1.50 bits per heavy atom. The van der Waals surface area contributed by atoms with Crippen LogP contribution >= 0.6 is 11.8 Å². The van der Waals surface area contributed by atoms with E-state index in [9.17, 15) is 4.79 Å². The topological polar surface area (TPSA) is 46.9 Å². The predicted molar refractivity (Wildman–Crippen MR) is 161 cm³/mol. The van der Waals surface area contributed by atoms with Crippen LogP contribution in [0.4, 0.5) is 0 Å². The van der Waals surface area contributed by atoms with Gasteiger partial charge in [0.05, 0.1) is 11.4 Å². The lowest BCUT2D eigenvalue weighted by atomic mass is 10.0. The molecule has 3 aromatic carbocycles. The normalized spacial score (nSPS) is 11.0. The molecule has 5 heteroatoms. The van der Waals surface area contributed by atoms with Gasteiger partial charge in [-0.1, -0.05) is 104 Å². The zero-order chi connectivity index (χ0) is 26.6. The molecule has 0 fully saturated rings. The molecular weight excluding hydrogens is 486 g/mol. The van der Waals surface area contributed by atoms with Gasteiger partial charge in [-0.05, 0) is 50.3 Å². The summed E-state index contributed by atoms with van der Waals surface area (Å²) < 4.78 is 2.33. The van der Waals surface area contributed by atoms with Crippen molar-refractivity contribution in [2.45, 2.75) is 64.1 Å². The molecule has 4 nitrogen and oxygen atoms in total. The molecule has 4 aromatic rings. The second kappa shape index (κ2) is 14.6. The molecule has 198 valence electrons. The van der Waals surface area contributed by atoms with Crippen LogP contribution in [0.2, 0.25) is 0 Å². The monoisotopic (exact) mass is 525 g/mol. The molecule has 0 spiro atoms. The second-order valence-electron chi connectivity index (χ2n) is 9.53. The number of rotatable bonds is 14. The van der Waals surface area contributed by atoms with Gasteiger partial charge in [0.25, 0.3) is 5.91 Å². The Morgan fingerprint density at radius 1 is 0.816 bits per heavy atom. The van der Waals surface area contributed by atoms with Gasteiger partial charge in [0.15, 0.2) is 5.16 Å². The van der Waals surface area contributed by atoms with E-state index < -0.39 is 0 Å². The highest BCUT2D eigenvalue weighted by molar-refractivity contribution is 7.99. The highest BCUT2D eigenvalue weighted by atomic mass is 32.2. The average Bonchev–Trinajstić information content (AvgIpc) is 3.34. The molecular formula is C33H39N3OS. The molecule has 0 radical (unpaired) electrons. The summed E-state index contributed by atoms with van der Waals surface area (Å²) in [6.45, 7) is 5.94. The van der Waals surface area contributed by atoms with Crippen molar-refractivity contribution in [1.29, 1.82) is 0 Å². The fraction of sp³-hybridized carbons (Fsp3) is 0.333. The van der Waals surface area contributed by atoms with E-state index in [0.717, 1.165) is 53.5 Å². The number of aromatic nitrogens is 2. The SMILES string of the molecule is CCCCCc1ccc(C(=O)NCCCCSc2nc(-c3ccccc3)c(-c3ccccc3)n2CC)cc1. The zero-order valence-electron chi connectivity index (χ0n) is 22.7. The number of benzene rings is 3. The van der Waals surface area contributed by atoms with Gasteiger partial charge in [0, 0.05) is 35.5 Å². The Hall–Kier alpha value is -3.31. The number of thioether (sulfide) groups is 1. The smallest absolute Gasteiger partial charge is 0.251 e. The van der Waals surface area contributed by atoms with Crippen molar-refractivity contribution in [1.82, 2.24) is 14.9 Å². The number of nitrogens with one attached hydrogen (secondary N) is 1. The summed E-state index contributed by atoms with van der Waals surface area (Å²) >= 11 is 1.80. The van der Waals surface area contributed by atoms with Crippen molar-refractivity contribution in [2.24, 2.45) is 0 Å². The van der Waals surface area contributed by atoms with Gasteiger partial charge in [-0.15, -0.1) is 0 Å². The number of aryl methyl sites for hydroxylation is 1. The van der Waals surface area contributed by atoms with E-state index in [0.29, 0.717) is 6.54 Å². The van der Waals surface area contributed by atoms with Crippen LogP contribution < -0.4 is 5.32 Å². The summed E-state index contributed by atoms with van der Waals surface area (Å²) in [5, 5.41) is 4.13. The summed E-state index contributed by atoms with van der Waals surface area (Å²) in [5.74, 6) is 0.973. The van der Waals surface area contributed by atoms with Crippen LogP contribution in [0.15, 0.2) is 90.1 Å². The van der Waals surface area contributed by atoms with Crippen molar-refractivity contribution >= 4 is 17.7 Å². The number of carbonyl (C=O) groups excluding carboxylic acids is 1. The summed E-state index contributed by atoms with van der Waals surface area (Å²) in [7, 11) is 0. The molecule has 1 heterocycles. The third-order valence-electron chi connectivity index (χ3n) is 6.72. The maximum Gasteiger partial charge on any atom is 0.251 e. The highest BCUT2D eigenvalue weighted by Crippen LogP contribution is 2.36. The Kier molecular flexibility index (Phi) is 10.6. The molecule has 38 heavy (non-hydrogen) atoms. The largest absolute Gasteiger partial charge is 0.352 e. The maximum absolute atomic E-state index is 12.5. The molecule has 0 saturated carbocycles. The standard InChI is InChI=1S/C33H39N3OS/c1-3-5-8-15-26-20-22-29(23-21-26)32(37)34-24-13-14-25-38-33-35-30(27-16-9-6-10-17-27)31(36(33)4-2)28-18-11-7-12-19-28/h6-7,9-12,16-23H,3-5,8,13-15,24-25H2,1-2H3,(H,34,37). The minimum Gasteiger partial charge on any atom is -0.352 e. The van der Waals surface area contributed by atoms with Crippen molar-refractivity contribution in [3.63, 3.8) is 0 Å². The molecule has 0 unspecified atom stereocenters. The zero-order valence-corrected chi connectivity index (χ0v) is 23.5. The van der Waals surface area contributed by atoms with Crippen LogP contribution in [-0.2, 0) is 13.0 Å². The Bertz CT molecular complexity index is 1270. The number of amides is 1. The van der Waals surface area contributed by atoms with E-state index in [1.54, 1.807) is 11.8 Å². The first-order chi connectivity index (χ1) is 18.7. The molecule has 4 rings (SSSR count). The van der Waals surface area contributed by atoms with Gasteiger partial charge in [0.2, 0.25) is 0 Å². The third kappa shape index (κ3) is 7.38. The Labute approximate surface area is 231 Å². The highest BCUT2D eigenvalue weighted by Gasteiger charge is 2.19. The fourth-order valence-corrected chi connectivity index (χ4v) is 5.68. The second-order valence-corrected chi connectivity index (χ2v) is 10.6. The number of nitrogens with zero attached hydrogens (tertiary/aromatic N) is 2.